The number of anilines is 2. The van der Waals surface area contributed by atoms with Crippen LogP contribution in [-0.2, 0) is 11.3 Å². The van der Waals surface area contributed by atoms with Crippen LogP contribution in [0.4, 0.5) is 29.3 Å². The van der Waals surface area contributed by atoms with Crippen LogP contribution >= 0.6 is 0 Å². The third-order valence-corrected chi connectivity index (χ3v) is 6.18. The molecule has 0 saturated carbocycles. The van der Waals surface area contributed by atoms with Gasteiger partial charge in [0.1, 0.15) is 23.7 Å². The molecule has 1 aliphatic heterocycles. The molecule has 0 aromatic carbocycles. The molecule has 14 heteroatoms. The monoisotopic (exact) mass is 507 g/mol. The summed E-state index contributed by atoms with van der Waals surface area (Å²) in [4.78, 5) is 14.7. The number of nitrogens with zero attached hydrogens (tertiary/aromatic N) is 7. The maximum absolute atomic E-state index is 14.8. The largest absolute Gasteiger partial charge is 0.406 e. The molecule has 4 aromatic rings. The summed E-state index contributed by atoms with van der Waals surface area (Å²) in [6, 6.07) is 4.49. The van der Waals surface area contributed by atoms with Gasteiger partial charge in [0.05, 0.1) is 24.7 Å². The highest BCUT2D eigenvalue weighted by Crippen LogP contribution is 2.30. The molecule has 0 spiro atoms. The van der Waals surface area contributed by atoms with Crippen molar-refractivity contribution in [2.24, 2.45) is 0 Å². The van der Waals surface area contributed by atoms with Gasteiger partial charge in [-0.2, -0.15) is 18.2 Å². The van der Waals surface area contributed by atoms with Gasteiger partial charge < -0.3 is 20.4 Å². The predicted octanol–water partition coefficient (Wildman–Crippen LogP) is 2.76. The van der Waals surface area contributed by atoms with Crippen molar-refractivity contribution < 1.29 is 22.3 Å². The van der Waals surface area contributed by atoms with Crippen molar-refractivity contribution in [3.05, 3.63) is 30.7 Å². The second kappa shape index (κ2) is 9.50. The summed E-state index contributed by atoms with van der Waals surface area (Å²) in [6.07, 6.45) is -2.20. The lowest BCUT2D eigenvalue weighted by Crippen LogP contribution is -2.48. The van der Waals surface area contributed by atoms with Crippen molar-refractivity contribution in [3.8, 4) is 11.3 Å². The molecule has 5 rings (SSSR count). The fourth-order valence-electron chi connectivity index (χ4n) is 4.44. The molecule has 2 unspecified atom stereocenters. The van der Waals surface area contributed by atoms with E-state index in [0.29, 0.717) is 48.4 Å². The second-order valence-corrected chi connectivity index (χ2v) is 8.72. The number of fused-ring (bicyclic) bond motifs is 2. The number of hydrogen-bond donors (Lipinski definition) is 2. The predicted molar refractivity (Wildman–Crippen MR) is 125 cm³/mol. The van der Waals surface area contributed by atoms with Crippen molar-refractivity contribution in [3.63, 3.8) is 0 Å². The number of aromatic nitrogens is 6. The fourth-order valence-corrected chi connectivity index (χ4v) is 4.44. The number of alkyl halides is 4. The van der Waals surface area contributed by atoms with E-state index in [0.717, 1.165) is 10.9 Å². The molecular formula is C22H25F4N9O. The van der Waals surface area contributed by atoms with Gasteiger partial charge in [-0.1, -0.05) is 0 Å². The Hall–Kier alpha value is -3.52. The standard InChI is InChI=1S/C22H25F4N9O/c1-36-9-8-33-6-5-16(14(23)10-33)30-21-31-19(27)18-13(4-7-35(18)32-21)15-2-3-17-20(29-15)34(12-28-17)11-22(24,25)26/h2-4,7,12,14,16H,5-6,8-11H2,1H3,(H3,27,30,31,32). The molecule has 1 saturated heterocycles. The molecule has 0 aliphatic carbocycles. The van der Waals surface area contributed by atoms with E-state index in [1.807, 2.05) is 4.90 Å². The highest BCUT2D eigenvalue weighted by molar-refractivity contribution is 5.88. The maximum Gasteiger partial charge on any atom is 0.406 e. The molecule has 0 radical (unpaired) electrons. The van der Waals surface area contributed by atoms with Crippen LogP contribution in [0.2, 0.25) is 0 Å². The van der Waals surface area contributed by atoms with Gasteiger partial charge >= 0.3 is 6.18 Å². The smallest absolute Gasteiger partial charge is 0.383 e. The van der Waals surface area contributed by atoms with E-state index in [1.54, 1.807) is 31.5 Å². The number of pyridine rings is 1. The minimum Gasteiger partial charge on any atom is -0.383 e. The average molecular weight is 507 g/mol. The molecule has 0 amide bonds. The molecule has 5 heterocycles. The number of imidazole rings is 1. The van der Waals surface area contributed by atoms with E-state index < -0.39 is 24.9 Å². The Bertz CT molecular complexity index is 1370. The zero-order valence-electron chi connectivity index (χ0n) is 19.4. The molecular weight excluding hydrogens is 482 g/mol. The van der Waals surface area contributed by atoms with E-state index >= 15 is 0 Å². The van der Waals surface area contributed by atoms with Gasteiger partial charge in [0, 0.05) is 38.5 Å². The Morgan fingerprint density at radius 1 is 1.22 bits per heavy atom. The summed E-state index contributed by atoms with van der Waals surface area (Å²) in [5.41, 5.74) is 8.08. The minimum absolute atomic E-state index is 0.104. The number of piperidine rings is 1. The van der Waals surface area contributed by atoms with Crippen LogP contribution in [-0.4, -0.2) is 85.8 Å². The fraction of sp³-hybridized carbons (Fsp3) is 0.455. The molecule has 2 atom stereocenters. The minimum atomic E-state index is -4.41. The number of methoxy groups -OCH3 is 1. The molecule has 3 N–H and O–H groups in total. The number of nitrogens with two attached hydrogens (primary N) is 1. The van der Waals surface area contributed by atoms with E-state index in [1.165, 1.54) is 4.52 Å². The van der Waals surface area contributed by atoms with Gasteiger partial charge in [0.15, 0.2) is 11.5 Å². The first-order valence-corrected chi connectivity index (χ1v) is 11.4. The quantitative estimate of drug-likeness (QED) is 0.368. The van der Waals surface area contributed by atoms with Crippen LogP contribution < -0.4 is 11.1 Å². The molecule has 36 heavy (non-hydrogen) atoms. The maximum atomic E-state index is 14.8. The van der Waals surface area contributed by atoms with Gasteiger partial charge in [-0.15, -0.1) is 5.10 Å². The number of nitrogen functional groups attached to an aromatic ring is 1. The summed E-state index contributed by atoms with van der Waals surface area (Å²) in [7, 11) is 1.61. The number of rotatable bonds is 7. The Labute approximate surface area is 203 Å². The molecule has 1 fully saturated rings. The summed E-state index contributed by atoms with van der Waals surface area (Å²) < 4.78 is 61.1. The summed E-state index contributed by atoms with van der Waals surface area (Å²) in [5, 5.41) is 7.47. The highest BCUT2D eigenvalue weighted by Gasteiger charge is 2.30. The topological polar surface area (TPSA) is 111 Å². The SMILES string of the molecule is COCCN1CCC(Nc2nc(N)c3c(-c4ccc5ncn(CC(F)(F)F)c5n4)ccn3n2)C(F)C1. The first-order valence-electron chi connectivity index (χ1n) is 11.4. The van der Waals surface area contributed by atoms with E-state index in [2.05, 4.69) is 25.4 Å². The van der Waals surface area contributed by atoms with Gasteiger partial charge in [0.2, 0.25) is 5.95 Å². The Kier molecular flexibility index (Phi) is 6.38. The number of likely N-dealkylation sites (tertiary alicyclic amines) is 1. The van der Waals surface area contributed by atoms with E-state index in [4.69, 9.17) is 10.5 Å². The Morgan fingerprint density at radius 2 is 2.06 bits per heavy atom. The summed E-state index contributed by atoms with van der Waals surface area (Å²) >= 11 is 0. The summed E-state index contributed by atoms with van der Waals surface area (Å²) in [6.45, 7) is 1.01. The lowest BCUT2D eigenvalue weighted by Gasteiger charge is -2.34. The number of hydrogen-bond acceptors (Lipinski definition) is 8. The second-order valence-electron chi connectivity index (χ2n) is 8.72. The van der Waals surface area contributed by atoms with Crippen LogP contribution in [0.1, 0.15) is 6.42 Å². The third-order valence-electron chi connectivity index (χ3n) is 6.18. The molecule has 4 aromatic heterocycles. The van der Waals surface area contributed by atoms with Crippen molar-refractivity contribution in [2.75, 3.05) is 44.4 Å². The van der Waals surface area contributed by atoms with E-state index in [-0.39, 0.29) is 24.0 Å². The normalized spacial score (nSPS) is 19.4. The molecule has 192 valence electrons. The average Bonchev–Trinajstić information content (AvgIpc) is 3.42. The van der Waals surface area contributed by atoms with Crippen LogP contribution in [0.15, 0.2) is 30.7 Å². The van der Waals surface area contributed by atoms with Crippen LogP contribution in [0.3, 0.4) is 0 Å². The van der Waals surface area contributed by atoms with Crippen molar-refractivity contribution >= 4 is 28.4 Å². The zero-order valence-corrected chi connectivity index (χ0v) is 19.4. The molecule has 0 bridgehead atoms. The number of ether oxygens (including phenoxy) is 1. The first kappa shape index (κ1) is 24.2. The van der Waals surface area contributed by atoms with Gasteiger partial charge in [-0.05, 0) is 24.6 Å². The van der Waals surface area contributed by atoms with Crippen LogP contribution in [0, 0.1) is 0 Å². The Morgan fingerprint density at radius 3 is 2.81 bits per heavy atom. The number of nitrogens with one attached hydrogen (secondary N) is 1. The molecule has 1 aliphatic rings. The summed E-state index contributed by atoms with van der Waals surface area (Å²) in [5.74, 6) is 0.318. The van der Waals surface area contributed by atoms with Crippen molar-refractivity contribution in [1.82, 2.24) is 34.0 Å². The lowest BCUT2D eigenvalue weighted by atomic mass is 10.0. The van der Waals surface area contributed by atoms with Gasteiger partial charge in [-0.25, -0.2) is 18.9 Å². The van der Waals surface area contributed by atoms with E-state index in [9.17, 15) is 17.6 Å². The van der Waals surface area contributed by atoms with Crippen molar-refractivity contribution in [2.45, 2.75) is 31.4 Å². The lowest BCUT2D eigenvalue weighted by molar-refractivity contribution is -0.140. The number of halogens is 4. The highest BCUT2D eigenvalue weighted by atomic mass is 19.4. The van der Waals surface area contributed by atoms with Gasteiger partial charge in [0.25, 0.3) is 0 Å². The molecule has 10 nitrogen and oxygen atoms in total. The van der Waals surface area contributed by atoms with Crippen LogP contribution in [0.5, 0.6) is 0 Å². The van der Waals surface area contributed by atoms with Crippen molar-refractivity contribution in [1.29, 1.82) is 0 Å². The van der Waals surface area contributed by atoms with Crippen LogP contribution in [0.25, 0.3) is 27.9 Å². The first-order chi connectivity index (χ1) is 17.2. The third kappa shape index (κ3) is 4.91. The zero-order chi connectivity index (χ0) is 25.4. The Balaban J connectivity index is 1.39. The van der Waals surface area contributed by atoms with Gasteiger partial charge in [-0.3, -0.25) is 4.90 Å².